The van der Waals surface area contributed by atoms with Crippen LogP contribution in [0, 0.1) is 0 Å². The van der Waals surface area contributed by atoms with Gasteiger partial charge >= 0.3 is 5.97 Å². The number of hydrogen-bond donors (Lipinski definition) is 1. The molecular formula is C18H17ClN2O3S. The number of carbonyl (C=O) groups excluding carboxylic acids is 2. The second-order valence-electron chi connectivity index (χ2n) is 5.33. The third kappa shape index (κ3) is 3.55. The van der Waals surface area contributed by atoms with Gasteiger partial charge < -0.3 is 14.6 Å². The molecule has 0 bridgehead atoms. The highest BCUT2D eigenvalue weighted by Crippen LogP contribution is 2.32. The highest BCUT2D eigenvalue weighted by atomic mass is 35.5. The van der Waals surface area contributed by atoms with Crippen molar-refractivity contribution in [2.24, 2.45) is 0 Å². The van der Waals surface area contributed by atoms with Gasteiger partial charge in [-0.1, -0.05) is 11.6 Å². The molecule has 0 aliphatic rings. The Kier molecular flexibility index (Phi) is 5.11. The van der Waals surface area contributed by atoms with Crippen molar-refractivity contribution in [3.63, 3.8) is 0 Å². The number of amides is 1. The average molecular weight is 377 g/mol. The molecule has 5 nitrogen and oxygen atoms in total. The zero-order valence-electron chi connectivity index (χ0n) is 13.8. The van der Waals surface area contributed by atoms with E-state index in [9.17, 15) is 9.59 Å². The van der Waals surface area contributed by atoms with Crippen LogP contribution in [-0.2, 0) is 11.3 Å². The van der Waals surface area contributed by atoms with Gasteiger partial charge in [0.2, 0.25) is 0 Å². The second kappa shape index (κ2) is 7.29. The van der Waals surface area contributed by atoms with Crippen molar-refractivity contribution in [2.45, 2.75) is 20.4 Å². The summed E-state index contributed by atoms with van der Waals surface area (Å²) in [6.07, 6.45) is 0. The summed E-state index contributed by atoms with van der Waals surface area (Å²) in [6, 6.07) is 10.3. The lowest BCUT2D eigenvalue weighted by atomic mass is 10.2. The molecule has 0 spiro atoms. The molecule has 2 heterocycles. The number of ether oxygens (including phenoxy) is 1. The van der Waals surface area contributed by atoms with Crippen LogP contribution in [0.2, 0.25) is 4.34 Å². The number of esters is 1. The first-order valence-corrected chi connectivity index (χ1v) is 9.10. The Hall–Kier alpha value is -2.31. The number of fused-ring (bicyclic) bond motifs is 1. The molecule has 0 saturated heterocycles. The maximum Gasteiger partial charge on any atom is 0.338 e. The molecule has 1 amide bonds. The van der Waals surface area contributed by atoms with Crippen molar-refractivity contribution in [3.05, 3.63) is 52.0 Å². The predicted molar refractivity (Wildman–Crippen MR) is 101 cm³/mol. The minimum Gasteiger partial charge on any atom is -0.462 e. The SMILES string of the molecule is CCOC(=O)c1ccc(NC(=O)c2cc3sc(Cl)cc3n2CC)cc1. The van der Waals surface area contributed by atoms with Crippen LogP contribution in [0.1, 0.15) is 34.7 Å². The fraction of sp³-hybridized carbons (Fsp3) is 0.222. The molecule has 0 saturated carbocycles. The number of anilines is 1. The number of nitrogens with zero attached hydrogens (tertiary/aromatic N) is 1. The highest BCUT2D eigenvalue weighted by molar-refractivity contribution is 7.22. The fourth-order valence-electron chi connectivity index (χ4n) is 2.64. The Morgan fingerprint density at radius 2 is 1.92 bits per heavy atom. The lowest BCUT2D eigenvalue weighted by Crippen LogP contribution is -2.16. The van der Waals surface area contributed by atoms with Gasteiger partial charge in [0.05, 0.1) is 26.7 Å². The summed E-state index contributed by atoms with van der Waals surface area (Å²) in [4.78, 5) is 24.3. The Labute approximate surface area is 154 Å². The molecule has 0 aliphatic carbocycles. The Balaban J connectivity index is 1.80. The summed E-state index contributed by atoms with van der Waals surface area (Å²) in [5.41, 5.74) is 2.60. The minimum atomic E-state index is -0.377. The monoisotopic (exact) mass is 376 g/mol. The van der Waals surface area contributed by atoms with E-state index in [1.807, 2.05) is 23.6 Å². The van der Waals surface area contributed by atoms with E-state index in [0.717, 1.165) is 10.2 Å². The summed E-state index contributed by atoms with van der Waals surface area (Å²) in [6.45, 7) is 4.73. The van der Waals surface area contributed by atoms with E-state index < -0.39 is 0 Å². The molecule has 1 N–H and O–H groups in total. The van der Waals surface area contributed by atoms with E-state index >= 15 is 0 Å². The third-order valence-electron chi connectivity index (χ3n) is 3.76. The molecule has 0 fully saturated rings. The molecule has 7 heteroatoms. The lowest BCUT2D eigenvalue weighted by Gasteiger charge is -2.09. The predicted octanol–water partition coefficient (Wildman–Crippen LogP) is 4.81. The fourth-order valence-corrected chi connectivity index (χ4v) is 3.82. The summed E-state index contributed by atoms with van der Waals surface area (Å²) >= 11 is 7.49. The van der Waals surface area contributed by atoms with Crippen LogP contribution in [0.15, 0.2) is 36.4 Å². The summed E-state index contributed by atoms with van der Waals surface area (Å²) in [5.74, 6) is -0.581. The van der Waals surface area contributed by atoms with Crippen LogP contribution in [0.25, 0.3) is 10.2 Å². The zero-order chi connectivity index (χ0) is 18.0. The van der Waals surface area contributed by atoms with Crippen LogP contribution in [-0.4, -0.2) is 23.1 Å². The van der Waals surface area contributed by atoms with Gasteiger partial charge in [-0.2, -0.15) is 0 Å². The van der Waals surface area contributed by atoms with Crippen molar-refractivity contribution in [1.29, 1.82) is 0 Å². The maximum atomic E-state index is 12.6. The smallest absolute Gasteiger partial charge is 0.338 e. The van der Waals surface area contributed by atoms with Crippen molar-refractivity contribution >= 4 is 50.7 Å². The molecule has 0 unspecified atom stereocenters. The molecule has 0 aliphatic heterocycles. The van der Waals surface area contributed by atoms with E-state index in [-0.39, 0.29) is 11.9 Å². The van der Waals surface area contributed by atoms with Gasteiger partial charge in [0.1, 0.15) is 5.69 Å². The second-order valence-corrected chi connectivity index (χ2v) is 7.04. The number of halogens is 1. The summed E-state index contributed by atoms with van der Waals surface area (Å²) in [5, 5.41) is 2.86. The summed E-state index contributed by atoms with van der Waals surface area (Å²) in [7, 11) is 0. The minimum absolute atomic E-state index is 0.203. The van der Waals surface area contributed by atoms with Gasteiger partial charge in [0, 0.05) is 12.2 Å². The number of benzene rings is 1. The van der Waals surface area contributed by atoms with Crippen LogP contribution < -0.4 is 5.32 Å². The zero-order valence-corrected chi connectivity index (χ0v) is 15.4. The Morgan fingerprint density at radius 3 is 2.56 bits per heavy atom. The number of thiophene rings is 1. The Bertz CT molecular complexity index is 928. The van der Waals surface area contributed by atoms with Crippen molar-refractivity contribution in [2.75, 3.05) is 11.9 Å². The van der Waals surface area contributed by atoms with Crippen molar-refractivity contribution in [1.82, 2.24) is 4.57 Å². The van der Waals surface area contributed by atoms with Crippen LogP contribution in [0.5, 0.6) is 0 Å². The Morgan fingerprint density at radius 1 is 1.20 bits per heavy atom. The average Bonchev–Trinajstić information content (AvgIpc) is 3.11. The van der Waals surface area contributed by atoms with E-state index in [1.165, 1.54) is 11.3 Å². The summed E-state index contributed by atoms with van der Waals surface area (Å²) < 4.78 is 8.56. The number of carbonyl (C=O) groups is 2. The number of aromatic nitrogens is 1. The molecule has 3 aromatic rings. The highest BCUT2D eigenvalue weighted by Gasteiger charge is 2.17. The standard InChI is InChI=1S/C18H17ClN2O3S/c1-3-21-13-10-16(19)25-15(13)9-14(21)17(22)20-12-7-5-11(6-8-12)18(23)24-4-2/h5-10H,3-4H2,1-2H3,(H,20,22). The molecule has 0 radical (unpaired) electrons. The van der Waals surface area contributed by atoms with E-state index in [1.54, 1.807) is 31.2 Å². The van der Waals surface area contributed by atoms with Crippen LogP contribution in [0.3, 0.4) is 0 Å². The van der Waals surface area contributed by atoms with E-state index in [4.69, 9.17) is 16.3 Å². The third-order valence-corrected chi connectivity index (χ3v) is 4.96. The number of hydrogen-bond acceptors (Lipinski definition) is 4. The maximum absolute atomic E-state index is 12.6. The first-order chi connectivity index (χ1) is 12.0. The number of aryl methyl sites for hydroxylation is 1. The van der Waals surface area contributed by atoms with Gasteiger partial charge in [-0.25, -0.2) is 4.79 Å². The molecule has 25 heavy (non-hydrogen) atoms. The number of nitrogens with one attached hydrogen (secondary N) is 1. The quantitative estimate of drug-likeness (QED) is 0.650. The normalized spacial score (nSPS) is 10.8. The van der Waals surface area contributed by atoms with Crippen molar-refractivity contribution < 1.29 is 14.3 Å². The van der Waals surface area contributed by atoms with E-state index in [2.05, 4.69) is 5.32 Å². The molecule has 0 atom stereocenters. The van der Waals surface area contributed by atoms with E-state index in [0.29, 0.717) is 34.4 Å². The van der Waals surface area contributed by atoms with Gasteiger partial charge in [-0.3, -0.25) is 4.79 Å². The molecule has 3 rings (SSSR count). The largest absolute Gasteiger partial charge is 0.462 e. The molecule has 130 valence electrons. The molecule has 2 aromatic heterocycles. The molecular weight excluding hydrogens is 360 g/mol. The van der Waals surface area contributed by atoms with Crippen LogP contribution >= 0.6 is 22.9 Å². The van der Waals surface area contributed by atoms with Gasteiger partial charge in [-0.05, 0) is 50.2 Å². The van der Waals surface area contributed by atoms with Gasteiger partial charge in [0.15, 0.2) is 0 Å². The topological polar surface area (TPSA) is 60.3 Å². The number of rotatable bonds is 5. The van der Waals surface area contributed by atoms with Crippen LogP contribution in [0.4, 0.5) is 5.69 Å². The first-order valence-electron chi connectivity index (χ1n) is 7.90. The first kappa shape index (κ1) is 17.5. The van der Waals surface area contributed by atoms with Gasteiger partial charge in [-0.15, -0.1) is 11.3 Å². The molecule has 1 aromatic carbocycles. The van der Waals surface area contributed by atoms with Crippen molar-refractivity contribution in [3.8, 4) is 0 Å². The van der Waals surface area contributed by atoms with Gasteiger partial charge in [0.25, 0.3) is 5.91 Å². The lowest BCUT2D eigenvalue weighted by molar-refractivity contribution is 0.0526.